The van der Waals surface area contributed by atoms with Gasteiger partial charge < -0.3 is 10.2 Å². The molecule has 4 aliphatic carbocycles. The van der Waals surface area contributed by atoms with E-state index in [-0.39, 0.29) is 35.1 Å². The molecule has 1 saturated heterocycles. The first kappa shape index (κ1) is 19.7. The molecule has 4 saturated carbocycles. The molecule has 160 valence electrons. The van der Waals surface area contributed by atoms with Crippen LogP contribution in [-0.4, -0.2) is 42.6 Å². The Labute approximate surface area is 172 Å². The molecule has 5 aliphatic rings. The molecule has 0 spiro atoms. The Balaban J connectivity index is 1.36. The molecule has 5 rings (SSSR count). The van der Waals surface area contributed by atoms with E-state index < -0.39 is 11.6 Å². The second kappa shape index (κ2) is 6.86. The summed E-state index contributed by atoms with van der Waals surface area (Å²) in [5.41, 5.74) is 0.396. The summed E-state index contributed by atoms with van der Waals surface area (Å²) in [5, 5.41) is 7.72. The first-order valence-corrected chi connectivity index (χ1v) is 11.5. The van der Waals surface area contributed by atoms with E-state index in [2.05, 4.69) is 17.4 Å². The molecule has 1 N–H and O–H groups in total. The van der Waals surface area contributed by atoms with Crippen molar-refractivity contribution in [1.82, 2.24) is 5.32 Å². The van der Waals surface area contributed by atoms with Crippen LogP contribution in [0.25, 0.3) is 0 Å². The Hall–Kier alpha value is -1.30. The highest BCUT2D eigenvalue weighted by Gasteiger charge is 2.64. The molecule has 5 fully saturated rings. The van der Waals surface area contributed by atoms with Gasteiger partial charge in [-0.1, -0.05) is 19.0 Å². The maximum atomic E-state index is 14.3. The van der Waals surface area contributed by atoms with E-state index >= 15 is 0 Å². The van der Waals surface area contributed by atoms with Gasteiger partial charge in [-0.2, -0.15) is 0 Å². The Kier molecular flexibility index (Phi) is 4.65. The first-order valence-electron chi connectivity index (χ1n) is 11.5. The highest BCUT2D eigenvalue weighted by atomic mass is 19.1. The third-order valence-electron chi connectivity index (χ3n) is 9.34. The number of hydrogen-bond acceptors (Lipinski definition) is 5. The summed E-state index contributed by atoms with van der Waals surface area (Å²) in [4.78, 5) is 31.5. The van der Waals surface area contributed by atoms with Crippen LogP contribution in [-0.2, 0) is 14.4 Å². The van der Waals surface area contributed by atoms with Crippen molar-refractivity contribution < 1.29 is 18.8 Å². The molecule has 0 aromatic rings. The van der Waals surface area contributed by atoms with Gasteiger partial charge in [-0.05, 0) is 68.2 Å². The van der Waals surface area contributed by atoms with E-state index in [4.69, 9.17) is 4.84 Å². The van der Waals surface area contributed by atoms with Crippen molar-refractivity contribution in [3.05, 3.63) is 0 Å². The van der Waals surface area contributed by atoms with E-state index in [0.717, 1.165) is 50.9 Å². The molecule has 0 radical (unpaired) electrons. The number of ketones is 2. The van der Waals surface area contributed by atoms with Crippen molar-refractivity contribution in [2.24, 2.45) is 39.7 Å². The van der Waals surface area contributed by atoms with E-state index in [1.807, 2.05) is 6.92 Å². The zero-order valence-electron chi connectivity index (χ0n) is 17.6. The molecule has 8 atom stereocenters. The Morgan fingerprint density at radius 3 is 2.72 bits per heavy atom. The quantitative estimate of drug-likeness (QED) is 0.716. The van der Waals surface area contributed by atoms with Gasteiger partial charge in [0, 0.05) is 30.7 Å². The predicted octanol–water partition coefficient (Wildman–Crippen LogP) is 3.46. The third kappa shape index (κ3) is 2.92. The number of hydrogen-bond donors (Lipinski definition) is 1. The smallest absolute Gasteiger partial charge is 0.173 e. The van der Waals surface area contributed by atoms with Crippen molar-refractivity contribution >= 4 is 17.3 Å². The Morgan fingerprint density at radius 1 is 1.14 bits per heavy atom. The van der Waals surface area contributed by atoms with Gasteiger partial charge in [0.1, 0.15) is 11.9 Å². The zero-order chi connectivity index (χ0) is 20.4. The fourth-order valence-corrected chi connectivity index (χ4v) is 7.55. The zero-order valence-corrected chi connectivity index (χ0v) is 17.6. The van der Waals surface area contributed by atoms with Crippen LogP contribution in [0.4, 0.5) is 4.39 Å². The normalized spacial score (nSPS) is 50.9. The highest BCUT2D eigenvalue weighted by molar-refractivity contribution is 5.94. The summed E-state index contributed by atoms with van der Waals surface area (Å²) in [6.07, 6.45) is 4.83. The van der Waals surface area contributed by atoms with E-state index in [0.29, 0.717) is 31.0 Å². The van der Waals surface area contributed by atoms with Crippen molar-refractivity contribution in [1.29, 1.82) is 0 Å². The first-order chi connectivity index (χ1) is 13.8. The van der Waals surface area contributed by atoms with Gasteiger partial charge in [0.15, 0.2) is 12.0 Å². The van der Waals surface area contributed by atoms with Crippen LogP contribution in [0.3, 0.4) is 0 Å². The second-order valence-corrected chi connectivity index (χ2v) is 10.7. The van der Waals surface area contributed by atoms with Crippen LogP contribution in [0, 0.1) is 34.5 Å². The molecule has 1 aliphatic heterocycles. The molecule has 0 amide bonds. The molecular weight excluding hydrogens is 371 g/mol. The largest absolute Gasteiger partial charge is 0.391 e. The molecule has 1 heterocycles. The van der Waals surface area contributed by atoms with Crippen LogP contribution in [0.5, 0.6) is 0 Å². The Morgan fingerprint density at radius 2 is 1.97 bits per heavy atom. The van der Waals surface area contributed by atoms with E-state index in [1.54, 1.807) is 0 Å². The van der Waals surface area contributed by atoms with Gasteiger partial charge in [0.05, 0.1) is 5.71 Å². The van der Waals surface area contributed by atoms with Crippen LogP contribution in [0.1, 0.15) is 65.2 Å². The number of oxime groups is 1. The van der Waals surface area contributed by atoms with Gasteiger partial charge in [-0.3, -0.25) is 9.59 Å². The highest BCUT2D eigenvalue weighted by Crippen LogP contribution is 2.64. The van der Waals surface area contributed by atoms with Gasteiger partial charge in [0.25, 0.3) is 0 Å². The summed E-state index contributed by atoms with van der Waals surface area (Å²) in [6, 6.07) is 0. The molecule has 5 nitrogen and oxygen atoms in total. The van der Waals surface area contributed by atoms with E-state index in [9.17, 15) is 14.0 Å². The lowest BCUT2D eigenvalue weighted by Crippen LogP contribution is -2.56. The topological polar surface area (TPSA) is 67.8 Å². The van der Waals surface area contributed by atoms with Crippen LogP contribution in [0.15, 0.2) is 5.16 Å². The summed E-state index contributed by atoms with van der Waals surface area (Å²) in [7, 11) is 0. The van der Waals surface area contributed by atoms with Gasteiger partial charge in [0.2, 0.25) is 0 Å². The number of nitrogens with zero attached hydrogens (tertiary/aromatic N) is 1. The SMILES string of the molecule is C[C@]12CC/C(=N\OC3CCNC3)CC1C(=O)CC1C2CC[C@]2(C)C(=O)C(F)CC12. The number of rotatable bonds is 2. The van der Waals surface area contributed by atoms with Gasteiger partial charge >= 0.3 is 0 Å². The van der Waals surface area contributed by atoms with Gasteiger partial charge in [-0.25, -0.2) is 4.39 Å². The number of fused-ring (bicyclic) bond motifs is 5. The van der Waals surface area contributed by atoms with Crippen molar-refractivity contribution in [2.45, 2.75) is 77.5 Å². The standard InChI is InChI=1S/C23H33FN2O3/c1-22-6-3-13(26-29-14-5-8-25-12-14)9-18(22)20(27)10-15-16(22)4-7-23(2)17(15)11-19(24)21(23)28/h14-19,25H,3-12H2,1-2H3/b26-13+/t14?,15?,16?,17?,18?,19?,22-,23+/m1/s1. The van der Waals surface area contributed by atoms with Crippen LogP contribution in [0.2, 0.25) is 0 Å². The molecule has 29 heavy (non-hydrogen) atoms. The molecule has 0 aromatic carbocycles. The number of nitrogens with one attached hydrogen (secondary N) is 1. The molecule has 0 aromatic heterocycles. The minimum Gasteiger partial charge on any atom is -0.391 e. The lowest BCUT2D eigenvalue weighted by atomic mass is 9.45. The van der Waals surface area contributed by atoms with Crippen LogP contribution >= 0.6 is 0 Å². The fraction of sp³-hybridized carbons (Fsp3) is 0.870. The average Bonchev–Trinajstić information content (AvgIpc) is 3.29. The summed E-state index contributed by atoms with van der Waals surface area (Å²) in [6.45, 7) is 6.04. The minimum atomic E-state index is -1.34. The molecule has 6 heteroatoms. The molecule has 0 bridgehead atoms. The third-order valence-corrected chi connectivity index (χ3v) is 9.34. The number of carbonyl (C=O) groups is 2. The number of halogens is 1. The number of carbonyl (C=O) groups excluding carboxylic acids is 2. The minimum absolute atomic E-state index is 0.0100. The maximum absolute atomic E-state index is 14.3. The van der Waals surface area contributed by atoms with Crippen molar-refractivity contribution in [3.8, 4) is 0 Å². The maximum Gasteiger partial charge on any atom is 0.173 e. The summed E-state index contributed by atoms with van der Waals surface area (Å²) >= 11 is 0. The molecule has 6 unspecified atom stereocenters. The van der Waals surface area contributed by atoms with Crippen LogP contribution < -0.4 is 5.32 Å². The monoisotopic (exact) mass is 404 g/mol. The summed E-state index contributed by atoms with van der Waals surface area (Å²) in [5.74, 6) is 0.664. The molecular formula is C23H33FN2O3. The number of alkyl halides is 1. The lowest BCUT2D eigenvalue weighted by Gasteiger charge is -2.58. The average molecular weight is 405 g/mol. The van der Waals surface area contributed by atoms with Crippen molar-refractivity contribution in [2.75, 3.05) is 13.1 Å². The van der Waals surface area contributed by atoms with Gasteiger partial charge in [-0.15, -0.1) is 0 Å². The van der Waals surface area contributed by atoms with E-state index in [1.165, 1.54) is 0 Å². The summed E-state index contributed by atoms with van der Waals surface area (Å²) < 4.78 is 14.3. The second-order valence-electron chi connectivity index (χ2n) is 10.7. The Bertz CT molecular complexity index is 748. The fourth-order valence-electron chi connectivity index (χ4n) is 7.55. The predicted molar refractivity (Wildman–Crippen MR) is 107 cm³/mol. The van der Waals surface area contributed by atoms with Crippen molar-refractivity contribution in [3.63, 3.8) is 0 Å². The number of Topliss-reactive ketones (excluding diaryl/α,β-unsaturated/α-hetero) is 2. The lowest BCUT2D eigenvalue weighted by molar-refractivity contribution is -0.152.